The number of tetrazole rings is 1. The van der Waals surface area contributed by atoms with Gasteiger partial charge in [0.1, 0.15) is 5.75 Å². The number of nitrogens with one attached hydrogen (secondary N) is 1. The van der Waals surface area contributed by atoms with Crippen molar-refractivity contribution in [3.05, 3.63) is 60.2 Å². The number of aromatic nitrogens is 4. The molecule has 2 aromatic carbocycles. The van der Waals surface area contributed by atoms with Crippen LogP contribution in [0.15, 0.2) is 54.6 Å². The smallest absolute Gasteiger partial charge is 0.345 e. The van der Waals surface area contributed by atoms with Crippen molar-refractivity contribution in [2.24, 2.45) is 0 Å². The summed E-state index contributed by atoms with van der Waals surface area (Å²) in [6.07, 6.45) is 7.94. The van der Waals surface area contributed by atoms with Crippen LogP contribution in [0, 0.1) is 0 Å². The first-order valence-corrected chi connectivity index (χ1v) is 10.2. The van der Waals surface area contributed by atoms with Crippen LogP contribution in [0.1, 0.15) is 51.0 Å². The fraction of sp³-hybridized carbons (Fsp3) is 0.409. The molecular weight excluding hydrogens is 350 g/mol. The van der Waals surface area contributed by atoms with Crippen LogP contribution in [0.2, 0.25) is 0 Å². The summed E-state index contributed by atoms with van der Waals surface area (Å²) in [5.74, 6) is 0.714. The summed E-state index contributed by atoms with van der Waals surface area (Å²) < 4.78 is 7.43. The van der Waals surface area contributed by atoms with Crippen LogP contribution >= 0.6 is 0 Å². The summed E-state index contributed by atoms with van der Waals surface area (Å²) in [4.78, 5) is 0. The van der Waals surface area contributed by atoms with Gasteiger partial charge in [-0.2, -0.15) is 4.68 Å². The lowest BCUT2D eigenvalue weighted by molar-refractivity contribution is 0.427. The van der Waals surface area contributed by atoms with Gasteiger partial charge >= 0.3 is 6.01 Å². The average Bonchev–Trinajstić information content (AvgIpc) is 3.20. The Kier molecular flexibility index (Phi) is 8.00. The Morgan fingerprint density at radius 3 is 2.43 bits per heavy atom. The maximum absolute atomic E-state index is 5.86. The van der Waals surface area contributed by atoms with E-state index in [-0.39, 0.29) is 0 Å². The van der Waals surface area contributed by atoms with E-state index in [2.05, 4.69) is 39.9 Å². The molecule has 0 atom stereocenters. The van der Waals surface area contributed by atoms with Gasteiger partial charge in [0.15, 0.2) is 0 Å². The van der Waals surface area contributed by atoms with Crippen molar-refractivity contribution in [3.63, 3.8) is 0 Å². The molecular formula is C22H29N5O. The average molecular weight is 380 g/mol. The van der Waals surface area contributed by atoms with E-state index < -0.39 is 0 Å². The topological polar surface area (TPSA) is 64.9 Å². The second kappa shape index (κ2) is 11.2. The molecule has 0 aliphatic carbocycles. The predicted molar refractivity (Wildman–Crippen MR) is 111 cm³/mol. The molecule has 0 amide bonds. The first kappa shape index (κ1) is 20.0. The third kappa shape index (κ3) is 6.16. The van der Waals surface area contributed by atoms with Gasteiger partial charge in [-0.3, -0.25) is 0 Å². The molecule has 1 aromatic heterocycles. The quantitative estimate of drug-likeness (QED) is 0.453. The third-order valence-electron chi connectivity index (χ3n) is 4.61. The molecule has 0 aliphatic rings. The molecule has 0 spiro atoms. The maximum Gasteiger partial charge on any atom is 0.345 e. The zero-order chi connectivity index (χ0) is 19.4. The zero-order valence-corrected chi connectivity index (χ0v) is 16.6. The van der Waals surface area contributed by atoms with Gasteiger partial charge in [0.25, 0.3) is 0 Å². The van der Waals surface area contributed by atoms with E-state index in [0.29, 0.717) is 11.8 Å². The number of ether oxygens (including phenoxy) is 1. The van der Waals surface area contributed by atoms with Crippen molar-refractivity contribution in [2.45, 2.75) is 52.0 Å². The lowest BCUT2D eigenvalue weighted by atomic mass is 10.1. The van der Waals surface area contributed by atoms with Gasteiger partial charge in [0.2, 0.25) is 0 Å². The van der Waals surface area contributed by atoms with Crippen LogP contribution in [0.25, 0.3) is 5.69 Å². The largest absolute Gasteiger partial charge is 0.423 e. The Bertz CT molecular complexity index is 801. The number of nitrogens with zero attached hydrogens (tertiary/aromatic N) is 4. The summed E-state index contributed by atoms with van der Waals surface area (Å²) in [6, 6.07) is 18.1. The zero-order valence-electron chi connectivity index (χ0n) is 16.6. The van der Waals surface area contributed by atoms with Crippen molar-refractivity contribution in [2.75, 3.05) is 6.54 Å². The van der Waals surface area contributed by atoms with Crippen molar-refractivity contribution >= 4 is 0 Å². The Hall–Kier alpha value is -2.73. The van der Waals surface area contributed by atoms with E-state index in [1.165, 1.54) is 44.1 Å². The molecule has 3 rings (SSSR count). The van der Waals surface area contributed by atoms with Gasteiger partial charge in [0, 0.05) is 6.54 Å². The van der Waals surface area contributed by atoms with E-state index in [4.69, 9.17) is 4.74 Å². The van der Waals surface area contributed by atoms with Crippen LogP contribution in [0.5, 0.6) is 11.8 Å². The molecule has 0 aliphatic heterocycles. The Morgan fingerprint density at radius 2 is 1.64 bits per heavy atom. The molecule has 6 nitrogen and oxygen atoms in total. The number of hydrogen-bond donors (Lipinski definition) is 1. The van der Waals surface area contributed by atoms with Gasteiger partial charge in [-0.05, 0) is 53.2 Å². The van der Waals surface area contributed by atoms with E-state index in [1.807, 2.05) is 42.5 Å². The van der Waals surface area contributed by atoms with Crippen LogP contribution in [0.4, 0.5) is 0 Å². The van der Waals surface area contributed by atoms with Crippen molar-refractivity contribution in [1.82, 2.24) is 25.5 Å². The monoisotopic (exact) mass is 379 g/mol. The minimum absolute atomic E-state index is 0.347. The molecule has 0 saturated carbocycles. The summed E-state index contributed by atoms with van der Waals surface area (Å²) in [5, 5.41) is 15.2. The van der Waals surface area contributed by atoms with Crippen molar-refractivity contribution < 1.29 is 4.74 Å². The molecule has 28 heavy (non-hydrogen) atoms. The molecule has 3 aromatic rings. The molecule has 148 valence electrons. The fourth-order valence-electron chi connectivity index (χ4n) is 3.02. The minimum atomic E-state index is 0.347. The van der Waals surface area contributed by atoms with Crippen LogP contribution in [-0.4, -0.2) is 26.8 Å². The number of unbranched alkanes of at least 4 members (excludes halogenated alkanes) is 5. The molecule has 0 bridgehead atoms. The molecule has 1 heterocycles. The standard InChI is InChI=1S/C22H29N5O/c1-2-3-4-5-6-10-17-23-18-19-13-15-21(16-14-19)28-22-24-25-26-27(22)20-11-8-7-9-12-20/h7-9,11-16,23H,2-6,10,17-18H2,1H3. The van der Waals surface area contributed by atoms with Crippen LogP contribution in [-0.2, 0) is 6.54 Å². The second-order valence-electron chi connectivity index (χ2n) is 6.90. The summed E-state index contributed by atoms with van der Waals surface area (Å²) in [7, 11) is 0. The molecule has 0 saturated heterocycles. The maximum atomic E-state index is 5.86. The van der Waals surface area contributed by atoms with Gasteiger partial charge in [-0.25, -0.2) is 0 Å². The van der Waals surface area contributed by atoms with Crippen LogP contribution in [0.3, 0.4) is 0 Å². The Balaban J connectivity index is 1.44. The van der Waals surface area contributed by atoms with E-state index in [0.717, 1.165) is 18.8 Å². The lowest BCUT2D eigenvalue weighted by Gasteiger charge is -2.08. The number of rotatable bonds is 12. The third-order valence-corrected chi connectivity index (χ3v) is 4.61. The summed E-state index contributed by atoms with van der Waals surface area (Å²) in [5.41, 5.74) is 2.10. The number of hydrogen-bond acceptors (Lipinski definition) is 5. The predicted octanol–water partition coefficient (Wildman–Crippen LogP) is 4.90. The van der Waals surface area contributed by atoms with Gasteiger partial charge in [0.05, 0.1) is 5.69 Å². The minimum Gasteiger partial charge on any atom is -0.423 e. The highest BCUT2D eigenvalue weighted by atomic mass is 16.5. The highest BCUT2D eigenvalue weighted by Gasteiger charge is 2.10. The molecule has 6 heteroatoms. The van der Waals surface area contributed by atoms with Gasteiger partial charge in [-0.15, -0.1) is 0 Å². The van der Waals surface area contributed by atoms with E-state index in [9.17, 15) is 0 Å². The first-order valence-electron chi connectivity index (χ1n) is 10.2. The highest BCUT2D eigenvalue weighted by Crippen LogP contribution is 2.21. The number of para-hydroxylation sites is 1. The van der Waals surface area contributed by atoms with E-state index in [1.54, 1.807) is 4.68 Å². The summed E-state index contributed by atoms with van der Waals surface area (Å²) >= 11 is 0. The normalized spacial score (nSPS) is 10.9. The molecule has 0 radical (unpaired) electrons. The highest BCUT2D eigenvalue weighted by molar-refractivity contribution is 5.34. The van der Waals surface area contributed by atoms with Gasteiger partial charge < -0.3 is 10.1 Å². The first-order chi connectivity index (χ1) is 13.9. The van der Waals surface area contributed by atoms with Gasteiger partial charge in [-0.1, -0.05) is 74.5 Å². The fourth-order valence-corrected chi connectivity index (χ4v) is 3.02. The van der Waals surface area contributed by atoms with E-state index >= 15 is 0 Å². The number of benzene rings is 2. The van der Waals surface area contributed by atoms with Crippen molar-refractivity contribution in [3.8, 4) is 17.4 Å². The van der Waals surface area contributed by atoms with Crippen molar-refractivity contribution in [1.29, 1.82) is 0 Å². The molecule has 0 unspecified atom stereocenters. The molecule has 1 N–H and O–H groups in total. The lowest BCUT2D eigenvalue weighted by Crippen LogP contribution is -2.14. The Morgan fingerprint density at radius 1 is 0.893 bits per heavy atom. The Labute approximate surface area is 166 Å². The SMILES string of the molecule is CCCCCCCCNCc1ccc(Oc2nnnn2-c2ccccc2)cc1. The molecule has 0 fully saturated rings. The summed E-state index contributed by atoms with van der Waals surface area (Å²) in [6.45, 7) is 4.19. The second-order valence-corrected chi connectivity index (χ2v) is 6.90. The van der Waals surface area contributed by atoms with Crippen LogP contribution < -0.4 is 10.1 Å².